The highest BCUT2D eigenvalue weighted by atomic mass is 16.3. The van der Waals surface area contributed by atoms with E-state index in [-0.39, 0.29) is 10.8 Å². The Balaban J connectivity index is 1.94. The monoisotopic (exact) mass is 273 g/mol. The smallest absolute Gasteiger partial charge is 0.0724 e. The molecule has 1 aromatic rings. The maximum Gasteiger partial charge on any atom is 0.0724 e. The van der Waals surface area contributed by atoms with Gasteiger partial charge in [-0.2, -0.15) is 0 Å². The molecule has 0 aromatic heterocycles. The normalized spacial score (nSPS) is 35.8. The van der Waals surface area contributed by atoms with Crippen LogP contribution in [0.1, 0.15) is 50.7 Å². The molecule has 0 amide bonds. The van der Waals surface area contributed by atoms with Crippen LogP contribution in [0.3, 0.4) is 0 Å². The van der Waals surface area contributed by atoms with Crippen LogP contribution in [0.4, 0.5) is 0 Å². The van der Waals surface area contributed by atoms with E-state index >= 15 is 0 Å². The van der Waals surface area contributed by atoms with Gasteiger partial charge in [0.15, 0.2) is 0 Å². The van der Waals surface area contributed by atoms with E-state index in [1.807, 2.05) is 0 Å². The molecule has 110 valence electrons. The second-order valence-electron chi connectivity index (χ2n) is 7.80. The summed E-state index contributed by atoms with van der Waals surface area (Å²) in [6.07, 6.45) is 5.90. The fourth-order valence-electron chi connectivity index (χ4n) is 4.53. The lowest BCUT2D eigenvalue weighted by Gasteiger charge is -2.48. The van der Waals surface area contributed by atoms with E-state index in [1.54, 1.807) is 0 Å². The summed E-state index contributed by atoms with van der Waals surface area (Å²) >= 11 is 0. The zero-order chi connectivity index (χ0) is 14.4. The van der Waals surface area contributed by atoms with Crippen LogP contribution in [0, 0.1) is 10.8 Å². The van der Waals surface area contributed by atoms with Crippen molar-refractivity contribution in [1.82, 2.24) is 0 Å². The van der Waals surface area contributed by atoms with Crippen LogP contribution >= 0.6 is 0 Å². The van der Waals surface area contributed by atoms with Crippen molar-refractivity contribution in [3.05, 3.63) is 35.4 Å². The molecule has 2 aliphatic rings. The van der Waals surface area contributed by atoms with Crippen molar-refractivity contribution in [1.29, 1.82) is 0 Å². The lowest BCUT2D eigenvalue weighted by atomic mass is 9.60. The highest BCUT2D eigenvalue weighted by molar-refractivity contribution is 5.32. The molecule has 2 nitrogen and oxygen atoms in total. The minimum atomic E-state index is -0.585. The Hall–Kier alpha value is -0.860. The van der Waals surface area contributed by atoms with Gasteiger partial charge in [0.1, 0.15) is 0 Å². The fraction of sp³-hybridized carbons (Fsp3) is 0.667. The van der Waals surface area contributed by atoms with Crippen LogP contribution in [0.25, 0.3) is 0 Å². The van der Waals surface area contributed by atoms with Crippen LogP contribution in [-0.4, -0.2) is 17.3 Å². The molecule has 0 bridgehead atoms. The first-order valence-corrected chi connectivity index (χ1v) is 7.89. The Labute approximate surface area is 122 Å². The third kappa shape index (κ3) is 2.10. The summed E-state index contributed by atoms with van der Waals surface area (Å²) in [5.74, 6) is 0. The zero-order valence-electron chi connectivity index (χ0n) is 12.8. The Kier molecular flexibility index (Phi) is 3.22. The largest absolute Gasteiger partial charge is 0.389 e. The average Bonchev–Trinajstić information content (AvgIpc) is 2.73. The molecule has 0 aliphatic heterocycles. The number of benzene rings is 1. The topological polar surface area (TPSA) is 46.2 Å². The van der Waals surface area contributed by atoms with Gasteiger partial charge in [-0.3, -0.25) is 0 Å². The Morgan fingerprint density at radius 2 is 1.80 bits per heavy atom. The fourth-order valence-corrected chi connectivity index (χ4v) is 4.53. The molecule has 2 heteroatoms. The summed E-state index contributed by atoms with van der Waals surface area (Å²) in [6, 6.07) is 8.65. The van der Waals surface area contributed by atoms with Gasteiger partial charge < -0.3 is 10.8 Å². The van der Waals surface area contributed by atoms with E-state index < -0.39 is 5.60 Å². The van der Waals surface area contributed by atoms with Crippen LogP contribution in [-0.2, 0) is 12.8 Å². The summed E-state index contributed by atoms with van der Waals surface area (Å²) < 4.78 is 0. The zero-order valence-corrected chi connectivity index (χ0v) is 12.8. The standard InChI is InChI=1S/C18H27NO/c1-16(2)9-10-18(20,12-16)17(13-19)8-7-14-5-3-4-6-15(14)11-17/h3-6,20H,7-13,19H2,1-2H3. The van der Waals surface area contributed by atoms with Crippen LogP contribution in [0.2, 0.25) is 0 Å². The van der Waals surface area contributed by atoms with E-state index in [0.29, 0.717) is 6.54 Å². The van der Waals surface area contributed by atoms with Crippen LogP contribution < -0.4 is 5.73 Å². The highest BCUT2D eigenvalue weighted by Crippen LogP contribution is 2.55. The average molecular weight is 273 g/mol. The van der Waals surface area contributed by atoms with Gasteiger partial charge in [-0.1, -0.05) is 38.1 Å². The number of rotatable bonds is 2. The molecule has 3 rings (SSSR count). The third-order valence-electron chi connectivity index (χ3n) is 5.88. The number of hydrogen-bond donors (Lipinski definition) is 2. The predicted octanol–water partition coefficient (Wildman–Crippen LogP) is 3.06. The van der Waals surface area contributed by atoms with E-state index in [2.05, 4.69) is 38.1 Å². The van der Waals surface area contributed by atoms with Crippen LogP contribution in [0.15, 0.2) is 24.3 Å². The number of fused-ring (bicyclic) bond motifs is 1. The van der Waals surface area contributed by atoms with Crippen molar-refractivity contribution < 1.29 is 5.11 Å². The van der Waals surface area contributed by atoms with E-state index in [1.165, 1.54) is 11.1 Å². The Bertz CT molecular complexity index is 510. The molecule has 0 spiro atoms. The molecule has 20 heavy (non-hydrogen) atoms. The lowest BCUT2D eigenvalue weighted by Crippen LogP contribution is -2.54. The second-order valence-corrected chi connectivity index (χ2v) is 7.80. The summed E-state index contributed by atoms with van der Waals surface area (Å²) in [4.78, 5) is 0. The molecule has 1 fully saturated rings. The maximum absolute atomic E-state index is 11.3. The van der Waals surface area contributed by atoms with Gasteiger partial charge in [-0.25, -0.2) is 0 Å². The van der Waals surface area contributed by atoms with E-state index in [9.17, 15) is 5.11 Å². The van der Waals surface area contributed by atoms with Gasteiger partial charge in [0, 0.05) is 12.0 Å². The number of nitrogens with two attached hydrogens (primary N) is 1. The van der Waals surface area contributed by atoms with Gasteiger partial charge in [-0.05, 0) is 55.1 Å². The second kappa shape index (κ2) is 4.57. The van der Waals surface area contributed by atoms with Crippen molar-refractivity contribution in [2.75, 3.05) is 6.54 Å². The van der Waals surface area contributed by atoms with Crippen molar-refractivity contribution in [3.63, 3.8) is 0 Å². The van der Waals surface area contributed by atoms with Gasteiger partial charge in [0.2, 0.25) is 0 Å². The first-order chi connectivity index (χ1) is 9.40. The van der Waals surface area contributed by atoms with Crippen molar-refractivity contribution >= 4 is 0 Å². The minimum absolute atomic E-state index is 0.130. The summed E-state index contributed by atoms with van der Waals surface area (Å²) in [7, 11) is 0. The van der Waals surface area contributed by atoms with Gasteiger partial charge in [-0.15, -0.1) is 0 Å². The summed E-state index contributed by atoms with van der Waals surface area (Å²) in [5, 5.41) is 11.3. The summed E-state index contributed by atoms with van der Waals surface area (Å²) in [6.45, 7) is 5.13. The lowest BCUT2D eigenvalue weighted by molar-refractivity contribution is -0.0892. The molecule has 2 unspecified atom stereocenters. The molecule has 0 saturated heterocycles. The first kappa shape index (κ1) is 14.1. The van der Waals surface area contributed by atoms with E-state index in [0.717, 1.165) is 38.5 Å². The highest BCUT2D eigenvalue weighted by Gasteiger charge is 2.55. The van der Waals surface area contributed by atoms with E-state index in [4.69, 9.17) is 5.73 Å². The number of hydrogen-bond acceptors (Lipinski definition) is 2. The quantitative estimate of drug-likeness (QED) is 0.870. The molecule has 1 aromatic carbocycles. The molecular weight excluding hydrogens is 246 g/mol. The molecule has 0 radical (unpaired) electrons. The van der Waals surface area contributed by atoms with Crippen molar-refractivity contribution in [2.24, 2.45) is 16.6 Å². The summed E-state index contributed by atoms with van der Waals surface area (Å²) in [5.41, 5.74) is 8.55. The Morgan fingerprint density at radius 3 is 2.40 bits per heavy atom. The molecule has 0 heterocycles. The molecule has 2 atom stereocenters. The minimum Gasteiger partial charge on any atom is -0.389 e. The molecule has 1 saturated carbocycles. The number of aliphatic hydroxyl groups is 1. The van der Waals surface area contributed by atoms with Gasteiger partial charge >= 0.3 is 0 Å². The van der Waals surface area contributed by atoms with Crippen LogP contribution in [0.5, 0.6) is 0 Å². The maximum atomic E-state index is 11.3. The van der Waals surface area contributed by atoms with Crippen molar-refractivity contribution in [3.8, 4) is 0 Å². The van der Waals surface area contributed by atoms with Crippen molar-refractivity contribution in [2.45, 2.75) is 58.0 Å². The molecule has 2 aliphatic carbocycles. The Morgan fingerprint density at radius 1 is 1.10 bits per heavy atom. The first-order valence-electron chi connectivity index (χ1n) is 7.89. The molecular formula is C18H27NO. The molecule has 3 N–H and O–H groups in total. The number of aryl methyl sites for hydroxylation is 1. The van der Waals surface area contributed by atoms with Gasteiger partial charge in [0.25, 0.3) is 0 Å². The van der Waals surface area contributed by atoms with Gasteiger partial charge in [0.05, 0.1) is 5.60 Å². The third-order valence-corrected chi connectivity index (χ3v) is 5.88. The SMILES string of the molecule is CC1(C)CCC(O)(C2(CN)CCc3ccccc3C2)C1. The predicted molar refractivity (Wildman–Crippen MR) is 82.5 cm³/mol.